The molecular weight excluding hydrogens is 1380 g/mol. The van der Waals surface area contributed by atoms with Crippen molar-refractivity contribution < 1.29 is 80.2 Å². The molecule has 0 saturated carbocycles. The van der Waals surface area contributed by atoms with Crippen LogP contribution in [0, 0.1) is 23.7 Å². The normalized spacial score (nSPS) is 14.2. The first-order valence-electron chi connectivity index (χ1n) is 44.7. The molecule has 0 aliphatic rings. The summed E-state index contributed by atoms with van der Waals surface area (Å²) in [4.78, 5) is 73.3. The summed E-state index contributed by atoms with van der Waals surface area (Å²) in [7, 11) is -9.93. The average molecular weight is 1550 g/mol. The molecule has 0 aliphatic carbocycles. The van der Waals surface area contributed by atoms with Crippen LogP contribution in [0.3, 0.4) is 0 Å². The Balaban J connectivity index is 5.25. The van der Waals surface area contributed by atoms with Crippen LogP contribution in [0.25, 0.3) is 0 Å². The first-order valence-corrected chi connectivity index (χ1v) is 47.7. The van der Waals surface area contributed by atoms with E-state index in [1.165, 1.54) is 257 Å². The van der Waals surface area contributed by atoms with Crippen LogP contribution in [-0.4, -0.2) is 96.7 Å². The van der Waals surface area contributed by atoms with Crippen LogP contribution >= 0.6 is 15.6 Å². The van der Waals surface area contributed by atoms with Gasteiger partial charge in [-0.2, -0.15) is 0 Å². The van der Waals surface area contributed by atoms with Gasteiger partial charge in [0.1, 0.15) is 19.3 Å². The predicted molar refractivity (Wildman–Crippen MR) is 437 cm³/mol. The molecule has 0 amide bonds. The van der Waals surface area contributed by atoms with Crippen molar-refractivity contribution in [3.05, 3.63) is 0 Å². The zero-order valence-electron chi connectivity index (χ0n) is 70.1. The van der Waals surface area contributed by atoms with Crippen molar-refractivity contribution in [3.63, 3.8) is 0 Å². The number of hydrogen-bond donors (Lipinski definition) is 3. The minimum absolute atomic E-state index is 0.107. The highest BCUT2D eigenvalue weighted by Crippen LogP contribution is 2.45. The van der Waals surface area contributed by atoms with Gasteiger partial charge < -0.3 is 33.8 Å². The van der Waals surface area contributed by atoms with Gasteiger partial charge in [0.15, 0.2) is 12.2 Å². The van der Waals surface area contributed by atoms with Gasteiger partial charge in [0, 0.05) is 25.7 Å². The van der Waals surface area contributed by atoms with Crippen LogP contribution < -0.4 is 0 Å². The number of phosphoric ester groups is 2. The van der Waals surface area contributed by atoms with Crippen molar-refractivity contribution in [2.75, 3.05) is 39.6 Å². The molecule has 0 radical (unpaired) electrons. The molecule has 6 atom stereocenters. The number of ether oxygens (including phenoxy) is 4. The molecule has 3 N–H and O–H groups in total. The number of carbonyl (C=O) groups excluding carboxylic acids is 4. The van der Waals surface area contributed by atoms with E-state index in [9.17, 15) is 43.2 Å². The van der Waals surface area contributed by atoms with Crippen molar-refractivity contribution >= 4 is 39.5 Å². The molecule has 0 spiro atoms. The van der Waals surface area contributed by atoms with E-state index < -0.39 is 97.5 Å². The van der Waals surface area contributed by atoms with Crippen LogP contribution in [0.1, 0.15) is 453 Å². The maximum absolute atomic E-state index is 13.2. The van der Waals surface area contributed by atoms with Gasteiger partial charge in [-0.15, -0.1) is 0 Å². The SMILES string of the molecule is CCC(C)CCCCCCCCCCCCCCCCC(=O)O[C@H](COC(=O)CCCCCCCCCCC(C)C)COP(=O)(O)OC[C@H](O)COP(=O)(O)OC[C@@H](COC(=O)CCCCCCCCCCCCCCCCCC(C)C)OC(=O)CCCCCCCCCCCCCCCCCCC(C)C. The maximum Gasteiger partial charge on any atom is 0.472 e. The van der Waals surface area contributed by atoms with E-state index in [4.69, 9.17) is 37.0 Å². The third-order valence-corrected chi connectivity index (χ3v) is 22.6. The number of aliphatic hydroxyl groups is 1. The third-order valence-electron chi connectivity index (χ3n) is 20.7. The van der Waals surface area contributed by atoms with E-state index in [0.29, 0.717) is 25.7 Å². The van der Waals surface area contributed by atoms with Crippen LogP contribution in [0.4, 0.5) is 0 Å². The Kier molecular flexibility index (Phi) is 74.3. The van der Waals surface area contributed by atoms with Crippen molar-refractivity contribution in [1.82, 2.24) is 0 Å². The lowest BCUT2D eigenvalue weighted by Crippen LogP contribution is -2.30. The van der Waals surface area contributed by atoms with Gasteiger partial charge >= 0.3 is 39.5 Å². The van der Waals surface area contributed by atoms with E-state index in [2.05, 4.69) is 55.4 Å². The average Bonchev–Trinajstić information content (AvgIpc) is 0.901. The molecule has 630 valence electrons. The number of phosphoric acid groups is 2. The van der Waals surface area contributed by atoms with Crippen molar-refractivity contribution in [2.45, 2.75) is 472 Å². The molecule has 0 aliphatic heterocycles. The lowest BCUT2D eigenvalue weighted by Gasteiger charge is -2.21. The second-order valence-corrected chi connectivity index (χ2v) is 35.9. The molecule has 17 nitrogen and oxygen atoms in total. The Morgan fingerprint density at radius 2 is 0.453 bits per heavy atom. The highest BCUT2D eigenvalue weighted by molar-refractivity contribution is 7.47. The summed E-state index contributed by atoms with van der Waals surface area (Å²) in [6, 6.07) is 0. The third kappa shape index (κ3) is 78.7. The fourth-order valence-electron chi connectivity index (χ4n) is 13.5. The van der Waals surface area contributed by atoms with Crippen LogP contribution in [-0.2, 0) is 65.4 Å². The highest BCUT2D eigenvalue weighted by Gasteiger charge is 2.31. The highest BCUT2D eigenvalue weighted by atomic mass is 31.2. The van der Waals surface area contributed by atoms with E-state index in [0.717, 1.165) is 114 Å². The van der Waals surface area contributed by atoms with Gasteiger partial charge in [-0.05, 0) is 49.4 Å². The first-order chi connectivity index (χ1) is 51.1. The fourth-order valence-corrected chi connectivity index (χ4v) is 15.0. The van der Waals surface area contributed by atoms with E-state index in [1.54, 1.807) is 0 Å². The molecule has 0 aromatic rings. The quantitative estimate of drug-likeness (QED) is 0.0222. The number of esters is 4. The van der Waals surface area contributed by atoms with E-state index >= 15 is 0 Å². The van der Waals surface area contributed by atoms with Crippen molar-refractivity contribution in [3.8, 4) is 0 Å². The number of hydrogen-bond acceptors (Lipinski definition) is 15. The number of aliphatic hydroxyl groups excluding tert-OH is 1. The molecule has 0 bridgehead atoms. The molecule has 3 unspecified atom stereocenters. The molecule has 106 heavy (non-hydrogen) atoms. The Hall–Kier alpha value is -1.94. The molecule has 0 aromatic heterocycles. The Bertz CT molecular complexity index is 2060. The molecule has 0 rings (SSSR count). The summed E-state index contributed by atoms with van der Waals surface area (Å²) < 4.78 is 68.9. The largest absolute Gasteiger partial charge is 0.472 e. The van der Waals surface area contributed by atoms with Crippen LogP contribution in [0.5, 0.6) is 0 Å². The standard InChI is InChI=1S/C87H170O17P2/c1-9-80(8)66-58-50-42-33-27-21-17-18-24-30-36-46-54-62-70-87(92)104-83(74-98-85(90)68-60-52-44-38-37-41-49-57-65-79(6)7)76-102-106(95,96)100-72-81(88)71-99-105(93,94)101-75-82(73-97-84(89)67-59-51-43-34-28-22-16-12-14-20-26-32-40-48-56-64-78(4)5)103-86(91)69-61-53-45-35-29-23-15-11-10-13-19-25-31-39-47-55-63-77(2)3/h77-83,88H,9-76H2,1-8H3,(H,93,94)(H,95,96)/t80?,81-,82-,83-/m1/s1. The maximum atomic E-state index is 13.2. The van der Waals surface area contributed by atoms with Gasteiger partial charge in [-0.25, -0.2) is 9.13 Å². The number of unbranched alkanes of at least 4 members (excludes halogenated alkanes) is 49. The summed E-state index contributed by atoms with van der Waals surface area (Å²) in [5.74, 6) is 1.08. The smallest absolute Gasteiger partial charge is 0.462 e. The monoisotopic (exact) mass is 1550 g/mol. The minimum Gasteiger partial charge on any atom is -0.462 e. The second-order valence-electron chi connectivity index (χ2n) is 33.0. The Morgan fingerprint density at radius 1 is 0.264 bits per heavy atom. The summed E-state index contributed by atoms with van der Waals surface area (Å²) in [6.45, 7) is 14.4. The van der Waals surface area contributed by atoms with Crippen molar-refractivity contribution in [1.29, 1.82) is 0 Å². The summed E-state index contributed by atoms with van der Waals surface area (Å²) in [5, 5.41) is 10.7. The zero-order chi connectivity index (χ0) is 78.1. The molecule has 19 heteroatoms. The number of rotatable bonds is 84. The van der Waals surface area contributed by atoms with Gasteiger partial charge in [0.25, 0.3) is 0 Å². The molecule has 0 saturated heterocycles. The molecule has 0 aromatic carbocycles. The zero-order valence-corrected chi connectivity index (χ0v) is 71.9. The molecule has 0 heterocycles. The fraction of sp³-hybridized carbons (Fsp3) is 0.954. The summed E-state index contributed by atoms with van der Waals surface area (Å²) in [5.41, 5.74) is 0. The van der Waals surface area contributed by atoms with Gasteiger partial charge in [0.05, 0.1) is 26.4 Å². The first kappa shape index (κ1) is 104. The van der Waals surface area contributed by atoms with E-state index in [1.807, 2.05) is 0 Å². The Morgan fingerprint density at radius 3 is 0.670 bits per heavy atom. The van der Waals surface area contributed by atoms with Gasteiger partial charge in [-0.1, -0.05) is 402 Å². The second kappa shape index (κ2) is 75.7. The number of carbonyl (C=O) groups is 4. The minimum atomic E-state index is -4.97. The molecular formula is C87H170O17P2. The van der Waals surface area contributed by atoms with Crippen LogP contribution in [0.2, 0.25) is 0 Å². The predicted octanol–water partition coefficient (Wildman–Crippen LogP) is 26.3. The van der Waals surface area contributed by atoms with Crippen LogP contribution in [0.15, 0.2) is 0 Å². The van der Waals surface area contributed by atoms with E-state index in [-0.39, 0.29) is 25.7 Å². The van der Waals surface area contributed by atoms with Crippen molar-refractivity contribution in [2.24, 2.45) is 23.7 Å². The Labute approximate surface area is 651 Å². The lowest BCUT2D eigenvalue weighted by molar-refractivity contribution is -0.161. The topological polar surface area (TPSA) is 237 Å². The van der Waals surface area contributed by atoms with Gasteiger partial charge in [-0.3, -0.25) is 37.3 Å². The lowest BCUT2D eigenvalue weighted by atomic mass is 9.99. The van der Waals surface area contributed by atoms with Gasteiger partial charge in [0.2, 0.25) is 0 Å². The summed E-state index contributed by atoms with van der Waals surface area (Å²) in [6.07, 6.45) is 65.2. The molecule has 0 fully saturated rings. The summed E-state index contributed by atoms with van der Waals surface area (Å²) >= 11 is 0.